The number of nitrogens with zero attached hydrogens (tertiary/aromatic N) is 1. The minimum absolute atomic E-state index is 0.470. The Bertz CT molecular complexity index is 434. The van der Waals surface area contributed by atoms with E-state index >= 15 is 0 Å². The van der Waals surface area contributed by atoms with Gasteiger partial charge in [-0.15, -0.1) is 0 Å². The molecule has 0 fully saturated rings. The molecule has 1 aromatic carbocycles. The van der Waals surface area contributed by atoms with Crippen LogP contribution in [0.3, 0.4) is 0 Å². The number of anilines is 1. The van der Waals surface area contributed by atoms with Crippen molar-refractivity contribution in [3.05, 3.63) is 29.8 Å². The average molecular weight is 293 g/mol. The Labute approximate surface area is 127 Å². The predicted octanol–water partition coefficient (Wildman–Crippen LogP) is 3.06. The van der Waals surface area contributed by atoms with Crippen molar-refractivity contribution in [2.24, 2.45) is 0 Å². The second-order valence-electron chi connectivity index (χ2n) is 5.82. The summed E-state index contributed by atoms with van der Waals surface area (Å²) in [4.78, 5) is 13.8. The zero-order valence-corrected chi connectivity index (χ0v) is 13.7. The molecule has 21 heavy (non-hydrogen) atoms. The van der Waals surface area contributed by atoms with Crippen molar-refractivity contribution in [1.82, 2.24) is 10.9 Å². The van der Waals surface area contributed by atoms with Gasteiger partial charge in [0.2, 0.25) is 0 Å². The third-order valence-corrected chi connectivity index (χ3v) is 2.95. The van der Waals surface area contributed by atoms with E-state index in [1.165, 1.54) is 5.69 Å². The number of carbonyl (C=O) groups excluding carboxylic acids is 1. The first kappa shape index (κ1) is 17.3. The fraction of sp³-hybridized carbons (Fsp3) is 0.562. The van der Waals surface area contributed by atoms with Crippen LogP contribution in [-0.4, -0.2) is 24.8 Å². The highest BCUT2D eigenvalue weighted by Gasteiger charge is 2.15. The molecule has 0 aliphatic rings. The van der Waals surface area contributed by atoms with E-state index in [2.05, 4.69) is 53.9 Å². The highest BCUT2D eigenvalue weighted by atomic mass is 16.6. The highest BCUT2D eigenvalue weighted by Crippen LogP contribution is 2.14. The molecule has 1 aromatic rings. The monoisotopic (exact) mass is 293 g/mol. The quantitative estimate of drug-likeness (QED) is 0.792. The molecule has 0 bridgehead atoms. The van der Waals surface area contributed by atoms with E-state index in [-0.39, 0.29) is 0 Å². The summed E-state index contributed by atoms with van der Waals surface area (Å²) >= 11 is 0. The van der Waals surface area contributed by atoms with Gasteiger partial charge in [-0.2, -0.15) is 0 Å². The van der Waals surface area contributed by atoms with Gasteiger partial charge in [0.25, 0.3) is 0 Å². The smallest absolute Gasteiger partial charge is 0.422 e. The second kappa shape index (κ2) is 7.88. The molecule has 0 unspecified atom stereocenters. The molecule has 1 amide bonds. The standard InChI is InChI=1S/C16H27N3O2/c1-6-19(7-2)14-10-8-13(9-11-14)12-17-18-15(20)21-16(3,4)5/h8-11,17H,6-7,12H2,1-5H3,(H,18,20). The molecule has 0 spiro atoms. The molecule has 0 aliphatic carbocycles. The number of hydrogen-bond acceptors (Lipinski definition) is 4. The van der Waals surface area contributed by atoms with Crippen molar-refractivity contribution in [3.8, 4) is 0 Å². The van der Waals surface area contributed by atoms with Crippen LogP contribution in [0.2, 0.25) is 0 Å². The van der Waals surface area contributed by atoms with Gasteiger partial charge in [0, 0.05) is 25.3 Å². The number of nitrogens with one attached hydrogen (secondary N) is 2. The summed E-state index contributed by atoms with van der Waals surface area (Å²) in [6.07, 6.45) is -0.470. The Balaban J connectivity index is 2.41. The van der Waals surface area contributed by atoms with Crippen molar-refractivity contribution < 1.29 is 9.53 Å². The molecule has 0 atom stereocenters. The third kappa shape index (κ3) is 6.49. The molecule has 0 saturated heterocycles. The second-order valence-corrected chi connectivity index (χ2v) is 5.82. The van der Waals surface area contributed by atoms with Gasteiger partial charge in [0.15, 0.2) is 0 Å². The normalized spacial score (nSPS) is 11.1. The molecule has 0 radical (unpaired) electrons. The van der Waals surface area contributed by atoms with E-state index in [9.17, 15) is 4.79 Å². The van der Waals surface area contributed by atoms with Crippen molar-refractivity contribution in [2.75, 3.05) is 18.0 Å². The Morgan fingerprint density at radius 3 is 2.19 bits per heavy atom. The van der Waals surface area contributed by atoms with E-state index in [0.29, 0.717) is 6.54 Å². The van der Waals surface area contributed by atoms with Crippen molar-refractivity contribution >= 4 is 11.8 Å². The number of hydrogen-bond donors (Lipinski definition) is 2. The lowest BCUT2D eigenvalue weighted by molar-refractivity contribution is 0.0497. The third-order valence-electron chi connectivity index (χ3n) is 2.95. The van der Waals surface area contributed by atoms with Gasteiger partial charge >= 0.3 is 6.09 Å². The largest absolute Gasteiger partial charge is 0.443 e. The fourth-order valence-electron chi connectivity index (χ4n) is 1.94. The maximum Gasteiger partial charge on any atom is 0.422 e. The van der Waals surface area contributed by atoms with Crippen LogP contribution in [-0.2, 0) is 11.3 Å². The van der Waals surface area contributed by atoms with Crippen molar-refractivity contribution in [1.29, 1.82) is 0 Å². The molecule has 0 aliphatic heterocycles. The topological polar surface area (TPSA) is 53.6 Å². The Morgan fingerprint density at radius 1 is 1.14 bits per heavy atom. The molecule has 2 N–H and O–H groups in total. The highest BCUT2D eigenvalue weighted by molar-refractivity contribution is 5.67. The van der Waals surface area contributed by atoms with Gasteiger partial charge in [0.1, 0.15) is 5.60 Å². The van der Waals surface area contributed by atoms with Gasteiger partial charge in [-0.25, -0.2) is 10.2 Å². The van der Waals surface area contributed by atoms with Crippen LogP contribution in [0.5, 0.6) is 0 Å². The van der Waals surface area contributed by atoms with Gasteiger partial charge in [-0.05, 0) is 52.3 Å². The first-order valence-corrected chi connectivity index (χ1v) is 7.41. The van der Waals surface area contributed by atoms with Crippen molar-refractivity contribution in [2.45, 2.75) is 46.8 Å². The van der Waals surface area contributed by atoms with Crippen LogP contribution in [0.1, 0.15) is 40.2 Å². The molecular weight excluding hydrogens is 266 g/mol. The van der Waals surface area contributed by atoms with Crippen LogP contribution >= 0.6 is 0 Å². The molecule has 118 valence electrons. The number of benzene rings is 1. The SMILES string of the molecule is CCN(CC)c1ccc(CNNC(=O)OC(C)(C)C)cc1. The minimum atomic E-state index is -0.489. The lowest BCUT2D eigenvalue weighted by Gasteiger charge is -2.21. The fourth-order valence-corrected chi connectivity index (χ4v) is 1.94. The lowest BCUT2D eigenvalue weighted by Crippen LogP contribution is -2.40. The van der Waals surface area contributed by atoms with Crippen LogP contribution in [0.15, 0.2) is 24.3 Å². The van der Waals surface area contributed by atoms with Crippen LogP contribution in [0.4, 0.5) is 10.5 Å². The van der Waals surface area contributed by atoms with E-state index in [1.54, 1.807) is 0 Å². The summed E-state index contributed by atoms with van der Waals surface area (Å²) < 4.78 is 5.14. The minimum Gasteiger partial charge on any atom is -0.443 e. The maximum absolute atomic E-state index is 11.5. The van der Waals surface area contributed by atoms with Crippen molar-refractivity contribution in [3.63, 3.8) is 0 Å². The summed E-state index contributed by atoms with van der Waals surface area (Å²) in [6.45, 7) is 12.3. The molecular formula is C16H27N3O2. The molecule has 0 aromatic heterocycles. The molecule has 5 heteroatoms. The summed E-state index contributed by atoms with van der Waals surface area (Å²) in [7, 11) is 0. The van der Waals surface area contributed by atoms with Gasteiger partial charge in [0.05, 0.1) is 0 Å². The summed E-state index contributed by atoms with van der Waals surface area (Å²) in [6, 6.07) is 8.30. The Kier molecular flexibility index (Phi) is 6.49. The first-order valence-electron chi connectivity index (χ1n) is 7.41. The van der Waals surface area contributed by atoms with E-state index in [4.69, 9.17) is 4.74 Å². The van der Waals surface area contributed by atoms with Gasteiger partial charge < -0.3 is 9.64 Å². The number of carbonyl (C=O) groups is 1. The number of rotatable bonds is 6. The summed E-state index contributed by atoms with van der Waals surface area (Å²) in [5, 5.41) is 0. The molecule has 0 heterocycles. The first-order chi connectivity index (χ1) is 9.85. The summed E-state index contributed by atoms with van der Waals surface area (Å²) in [5.41, 5.74) is 7.21. The van der Waals surface area contributed by atoms with E-state index in [0.717, 1.165) is 18.7 Å². The average Bonchev–Trinajstić information content (AvgIpc) is 2.40. The van der Waals surface area contributed by atoms with Gasteiger partial charge in [-0.1, -0.05) is 12.1 Å². The van der Waals surface area contributed by atoms with Crippen LogP contribution in [0.25, 0.3) is 0 Å². The predicted molar refractivity (Wildman–Crippen MR) is 86.2 cm³/mol. The Hall–Kier alpha value is -1.75. The number of hydrazine groups is 1. The maximum atomic E-state index is 11.5. The summed E-state index contributed by atoms with van der Waals surface area (Å²) in [5.74, 6) is 0. The van der Waals surface area contributed by atoms with E-state index < -0.39 is 11.7 Å². The van der Waals surface area contributed by atoms with Crippen LogP contribution in [0, 0.1) is 0 Å². The zero-order valence-electron chi connectivity index (χ0n) is 13.7. The van der Waals surface area contributed by atoms with E-state index in [1.807, 2.05) is 20.8 Å². The molecule has 5 nitrogen and oxygen atoms in total. The Morgan fingerprint density at radius 2 is 1.71 bits per heavy atom. The number of ether oxygens (including phenoxy) is 1. The lowest BCUT2D eigenvalue weighted by atomic mass is 10.2. The van der Waals surface area contributed by atoms with Crippen LogP contribution < -0.4 is 15.8 Å². The molecule has 0 saturated carbocycles. The van der Waals surface area contributed by atoms with Gasteiger partial charge in [-0.3, -0.25) is 5.43 Å². The molecule has 1 rings (SSSR count). The zero-order chi connectivity index (χ0) is 15.9. The number of amides is 1.